The fourth-order valence-corrected chi connectivity index (χ4v) is 3.31. The summed E-state index contributed by atoms with van der Waals surface area (Å²) in [6.07, 6.45) is 5.91. The molecule has 2 rings (SSSR count). The number of nitrogens with one attached hydrogen (secondary N) is 1. The average molecular weight is 241 g/mol. The lowest BCUT2D eigenvalue weighted by Gasteiger charge is -2.40. The van der Waals surface area contributed by atoms with Gasteiger partial charge in [-0.05, 0) is 30.5 Å². The Morgan fingerprint density at radius 3 is 2.93 bits per heavy atom. The van der Waals surface area contributed by atoms with Gasteiger partial charge >= 0.3 is 0 Å². The molecule has 1 aliphatic rings. The highest BCUT2D eigenvalue weighted by atomic mass is 32.2. The molecular weight excluding hydrogens is 226 g/mol. The smallest absolute Gasteiger partial charge is 0.261 e. The number of thiophene rings is 1. The zero-order chi connectivity index (χ0) is 10.7. The van der Waals surface area contributed by atoms with Gasteiger partial charge in [-0.15, -0.1) is 11.3 Å². The predicted molar refractivity (Wildman–Crippen MR) is 66.7 cm³/mol. The van der Waals surface area contributed by atoms with Gasteiger partial charge in [0.25, 0.3) is 5.91 Å². The standard InChI is InChI=1S/C11H15NOS2/c1-14-11(5-3-6-11)8-12-10(13)9-4-2-7-15-9/h2,4,7H,3,5-6,8H2,1H3,(H,12,13). The highest BCUT2D eigenvalue weighted by Crippen LogP contribution is 2.42. The molecule has 1 fully saturated rings. The van der Waals surface area contributed by atoms with Gasteiger partial charge in [0.05, 0.1) is 4.88 Å². The minimum atomic E-state index is 0.0744. The summed E-state index contributed by atoms with van der Waals surface area (Å²) in [5, 5.41) is 4.96. The molecule has 0 saturated heterocycles. The maximum atomic E-state index is 11.7. The Labute approximate surface area is 98.5 Å². The van der Waals surface area contributed by atoms with Crippen LogP contribution in [0.3, 0.4) is 0 Å². The number of amides is 1. The van der Waals surface area contributed by atoms with E-state index in [4.69, 9.17) is 0 Å². The molecule has 0 aromatic carbocycles. The third-order valence-electron chi connectivity index (χ3n) is 3.01. The van der Waals surface area contributed by atoms with Crippen LogP contribution in [-0.4, -0.2) is 23.5 Å². The summed E-state index contributed by atoms with van der Waals surface area (Å²) in [6, 6.07) is 3.78. The summed E-state index contributed by atoms with van der Waals surface area (Å²) in [5.74, 6) is 0.0744. The Bertz CT molecular complexity index is 325. The van der Waals surface area contributed by atoms with Crippen molar-refractivity contribution in [3.8, 4) is 0 Å². The Morgan fingerprint density at radius 1 is 1.67 bits per heavy atom. The quantitative estimate of drug-likeness (QED) is 0.878. The lowest BCUT2D eigenvalue weighted by molar-refractivity contribution is 0.0948. The maximum Gasteiger partial charge on any atom is 0.261 e. The van der Waals surface area contributed by atoms with Crippen LogP contribution in [0.4, 0.5) is 0 Å². The molecule has 0 radical (unpaired) electrons. The van der Waals surface area contributed by atoms with E-state index < -0.39 is 0 Å². The molecule has 4 heteroatoms. The van der Waals surface area contributed by atoms with Gasteiger partial charge in [-0.1, -0.05) is 12.5 Å². The number of carbonyl (C=O) groups is 1. The van der Waals surface area contributed by atoms with Crippen molar-refractivity contribution in [1.29, 1.82) is 0 Å². The summed E-state index contributed by atoms with van der Waals surface area (Å²) < 4.78 is 0.326. The minimum absolute atomic E-state index is 0.0744. The zero-order valence-electron chi connectivity index (χ0n) is 8.79. The average Bonchev–Trinajstić information content (AvgIpc) is 2.69. The molecule has 2 nitrogen and oxygen atoms in total. The number of hydrogen-bond donors (Lipinski definition) is 1. The summed E-state index contributed by atoms with van der Waals surface area (Å²) in [4.78, 5) is 12.5. The van der Waals surface area contributed by atoms with Crippen LogP contribution in [0.1, 0.15) is 28.9 Å². The first kappa shape index (κ1) is 11.0. The van der Waals surface area contributed by atoms with E-state index in [0.29, 0.717) is 4.75 Å². The van der Waals surface area contributed by atoms with Crippen molar-refractivity contribution in [3.05, 3.63) is 22.4 Å². The van der Waals surface area contributed by atoms with E-state index in [1.807, 2.05) is 29.3 Å². The van der Waals surface area contributed by atoms with Crippen molar-refractivity contribution in [1.82, 2.24) is 5.32 Å². The largest absolute Gasteiger partial charge is 0.350 e. The molecule has 0 aliphatic heterocycles. The molecule has 1 amide bonds. The SMILES string of the molecule is CSC1(CNC(=O)c2cccs2)CCC1. The topological polar surface area (TPSA) is 29.1 Å². The molecule has 1 aromatic rings. The number of hydrogen-bond acceptors (Lipinski definition) is 3. The van der Waals surface area contributed by atoms with Gasteiger partial charge < -0.3 is 5.32 Å². The van der Waals surface area contributed by atoms with E-state index in [2.05, 4.69) is 11.6 Å². The van der Waals surface area contributed by atoms with E-state index in [9.17, 15) is 4.79 Å². The molecule has 82 valence electrons. The Balaban J connectivity index is 1.85. The second-order valence-corrected chi connectivity index (χ2v) is 6.12. The molecule has 15 heavy (non-hydrogen) atoms. The summed E-state index contributed by atoms with van der Waals surface area (Å²) in [6.45, 7) is 0.810. The van der Waals surface area contributed by atoms with Crippen LogP contribution < -0.4 is 5.32 Å². The van der Waals surface area contributed by atoms with Crippen LogP contribution in [0.2, 0.25) is 0 Å². The van der Waals surface area contributed by atoms with Gasteiger partial charge in [-0.3, -0.25) is 4.79 Å². The molecule has 1 saturated carbocycles. The maximum absolute atomic E-state index is 11.7. The number of rotatable bonds is 4. The molecule has 1 N–H and O–H groups in total. The summed E-state index contributed by atoms with van der Waals surface area (Å²) >= 11 is 3.38. The van der Waals surface area contributed by atoms with E-state index in [1.165, 1.54) is 30.6 Å². The second-order valence-electron chi connectivity index (χ2n) is 3.90. The van der Waals surface area contributed by atoms with Crippen molar-refractivity contribution >= 4 is 29.0 Å². The van der Waals surface area contributed by atoms with Crippen LogP contribution in [0.15, 0.2) is 17.5 Å². The molecule has 0 bridgehead atoms. The van der Waals surface area contributed by atoms with Crippen LogP contribution in [-0.2, 0) is 0 Å². The van der Waals surface area contributed by atoms with Crippen LogP contribution in [0.25, 0.3) is 0 Å². The van der Waals surface area contributed by atoms with Gasteiger partial charge in [0.1, 0.15) is 0 Å². The van der Waals surface area contributed by atoms with Crippen molar-refractivity contribution in [2.75, 3.05) is 12.8 Å². The van der Waals surface area contributed by atoms with Crippen molar-refractivity contribution in [2.24, 2.45) is 0 Å². The van der Waals surface area contributed by atoms with E-state index in [1.54, 1.807) is 0 Å². The van der Waals surface area contributed by atoms with E-state index in [0.717, 1.165) is 11.4 Å². The van der Waals surface area contributed by atoms with Crippen molar-refractivity contribution in [2.45, 2.75) is 24.0 Å². The molecule has 0 unspecified atom stereocenters. The van der Waals surface area contributed by atoms with Crippen molar-refractivity contribution in [3.63, 3.8) is 0 Å². The monoisotopic (exact) mass is 241 g/mol. The summed E-state index contributed by atoms with van der Waals surface area (Å²) in [5.41, 5.74) is 0. The molecule has 1 heterocycles. The van der Waals surface area contributed by atoms with Crippen LogP contribution in [0, 0.1) is 0 Å². The van der Waals surface area contributed by atoms with Crippen molar-refractivity contribution < 1.29 is 4.79 Å². The lowest BCUT2D eigenvalue weighted by Crippen LogP contribution is -2.45. The highest BCUT2D eigenvalue weighted by molar-refractivity contribution is 8.00. The first-order chi connectivity index (χ1) is 7.26. The molecule has 1 aliphatic carbocycles. The Kier molecular flexibility index (Phi) is 3.36. The normalized spacial score (nSPS) is 18.2. The van der Waals surface area contributed by atoms with Crippen LogP contribution in [0.5, 0.6) is 0 Å². The number of thioether (sulfide) groups is 1. The van der Waals surface area contributed by atoms with Gasteiger partial charge in [0.2, 0.25) is 0 Å². The summed E-state index contributed by atoms with van der Waals surface area (Å²) in [7, 11) is 0. The highest BCUT2D eigenvalue weighted by Gasteiger charge is 2.36. The van der Waals surface area contributed by atoms with Gasteiger partial charge in [0, 0.05) is 11.3 Å². The van der Waals surface area contributed by atoms with E-state index >= 15 is 0 Å². The Morgan fingerprint density at radius 2 is 2.47 bits per heavy atom. The van der Waals surface area contributed by atoms with Gasteiger partial charge in [-0.2, -0.15) is 11.8 Å². The predicted octanol–water partition coefficient (Wildman–Crippen LogP) is 2.76. The second kappa shape index (κ2) is 4.58. The first-order valence-corrected chi connectivity index (χ1v) is 7.23. The fourth-order valence-electron chi connectivity index (χ4n) is 1.76. The molecule has 0 spiro atoms. The Hall–Kier alpha value is -0.480. The minimum Gasteiger partial charge on any atom is -0.350 e. The third-order valence-corrected chi connectivity index (χ3v) is 5.30. The lowest BCUT2D eigenvalue weighted by atomic mass is 9.84. The van der Waals surface area contributed by atoms with Gasteiger partial charge in [0.15, 0.2) is 0 Å². The van der Waals surface area contributed by atoms with Gasteiger partial charge in [-0.25, -0.2) is 0 Å². The molecular formula is C11H15NOS2. The van der Waals surface area contributed by atoms with E-state index in [-0.39, 0.29) is 5.91 Å². The fraction of sp³-hybridized carbons (Fsp3) is 0.545. The molecule has 0 atom stereocenters. The number of carbonyl (C=O) groups excluding carboxylic acids is 1. The third kappa shape index (κ3) is 2.37. The first-order valence-electron chi connectivity index (χ1n) is 5.13. The van der Waals surface area contributed by atoms with Crippen LogP contribution >= 0.6 is 23.1 Å². The zero-order valence-corrected chi connectivity index (χ0v) is 10.4. The molecule has 1 aromatic heterocycles.